The highest BCUT2D eigenvalue weighted by Gasteiger charge is 2.23. The van der Waals surface area contributed by atoms with Gasteiger partial charge >= 0.3 is 6.09 Å². The number of hydrogen-bond acceptors (Lipinski definition) is 2. The summed E-state index contributed by atoms with van der Waals surface area (Å²) in [7, 11) is 0. The summed E-state index contributed by atoms with van der Waals surface area (Å²) in [5.41, 5.74) is 5.90. The van der Waals surface area contributed by atoms with Gasteiger partial charge in [0, 0.05) is 6.54 Å². The molecule has 0 spiro atoms. The summed E-state index contributed by atoms with van der Waals surface area (Å²) in [4.78, 5) is 22.9. The Balaban J connectivity index is 2.81. The van der Waals surface area contributed by atoms with Gasteiger partial charge < -0.3 is 10.8 Å². The van der Waals surface area contributed by atoms with Gasteiger partial charge in [-0.1, -0.05) is 30.3 Å². The van der Waals surface area contributed by atoms with Gasteiger partial charge in [0.05, 0.1) is 0 Å². The van der Waals surface area contributed by atoms with Gasteiger partial charge in [0.15, 0.2) is 0 Å². The van der Waals surface area contributed by atoms with Crippen LogP contribution in [0.5, 0.6) is 0 Å². The lowest BCUT2D eigenvalue weighted by Crippen LogP contribution is -2.45. The highest BCUT2D eigenvalue weighted by Crippen LogP contribution is 2.08. The van der Waals surface area contributed by atoms with Gasteiger partial charge in [-0.05, 0) is 12.5 Å². The summed E-state index contributed by atoms with van der Waals surface area (Å²) < 4.78 is 0. The zero-order valence-electron chi connectivity index (χ0n) is 8.96. The van der Waals surface area contributed by atoms with Gasteiger partial charge in [-0.3, -0.25) is 9.69 Å². The lowest BCUT2D eigenvalue weighted by molar-refractivity contribution is -0.122. The van der Waals surface area contributed by atoms with E-state index in [9.17, 15) is 9.59 Å². The zero-order valence-corrected chi connectivity index (χ0v) is 8.96. The Morgan fingerprint density at radius 3 is 2.38 bits per heavy atom. The highest BCUT2D eigenvalue weighted by molar-refractivity contribution is 5.83. The second kappa shape index (κ2) is 5.16. The monoisotopic (exact) mass is 222 g/mol. The molecule has 3 N–H and O–H groups in total. The van der Waals surface area contributed by atoms with E-state index in [2.05, 4.69) is 0 Å². The van der Waals surface area contributed by atoms with Crippen molar-refractivity contribution in [3.05, 3.63) is 35.9 Å². The molecule has 0 heterocycles. The van der Waals surface area contributed by atoms with E-state index >= 15 is 0 Å². The van der Waals surface area contributed by atoms with E-state index in [1.165, 1.54) is 6.92 Å². The van der Waals surface area contributed by atoms with Gasteiger partial charge in [0.2, 0.25) is 5.91 Å². The Morgan fingerprint density at radius 1 is 1.38 bits per heavy atom. The molecule has 0 saturated heterocycles. The molecular weight excluding hydrogens is 208 g/mol. The van der Waals surface area contributed by atoms with Gasteiger partial charge in [0.1, 0.15) is 6.04 Å². The minimum atomic E-state index is -1.16. The van der Waals surface area contributed by atoms with Crippen molar-refractivity contribution in [2.45, 2.75) is 19.5 Å². The Labute approximate surface area is 93.5 Å². The third kappa shape index (κ3) is 2.98. The maximum absolute atomic E-state index is 11.0. The van der Waals surface area contributed by atoms with Crippen molar-refractivity contribution in [2.75, 3.05) is 0 Å². The number of hydrogen-bond donors (Lipinski definition) is 2. The third-order valence-electron chi connectivity index (χ3n) is 2.32. The standard InChI is InChI=1S/C11H14N2O3/c1-8(10(12)14)13(11(15)16)7-9-5-3-2-4-6-9/h2-6,8H,7H2,1H3,(H2,12,14)(H,15,16)/t8-/m0/s1. The molecule has 2 amide bonds. The van der Waals surface area contributed by atoms with Crippen LogP contribution >= 0.6 is 0 Å². The van der Waals surface area contributed by atoms with Crippen molar-refractivity contribution in [1.82, 2.24) is 4.90 Å². The van der Waals surface area contributed by atoms with E-state index in [4.69, 9.17) is 10.8 Å². The molecule has 5 nitrogen and oxygen atoms in total. The molecule has 1 aromatic rings. The van der Waals surface area contributed by atoms with Gasteiger partial charge in [-0.2, -0.15) is 0 Å². The number of primary amides is 1. The van der Waals surface area contributed by atoms with E-state index in [1.54, 1.807) is 12.1 Å². The first kappa shape index (κ1) is 12.0. The van der Waals surface area contributed by atoms with Crippen LogP contribution in [0.15, 0.2) is 30.3 Å². The lowest BCUT2D eigenvalue weighted by Gasteiger charge is -2.23. The largest absolute Gasteiger partial charge is 0.465 e. The molecule has 0 bridgehead atoms. The second-order valence-corrected chi connectivity index (χ2v) is 3.47. The minimum absolute atomic E-state index is 0.153. The topological polar surface area (TPSA) is 83.6 Å². The van der Waals surface area contributed by atoms with E-state index in [-0.39, 0.29) is 6.54 Å². The number of rotatable bonds is 4. The second-order valence-electron chi connectivity index (χ2n) is 3.47. The van der Waals surface area contributed by atoms with Crippen molar-refractivity contribution < 1.29 is 14.7 Å². The van der Waals surface area contributed by atoms with Crippen LogP contribution in [0.3, 0.4) is 0 Å². The van der Waals surface area contributed by atoms with Gasteiger partial charge in [-0.15, -0.1) is 0 Å². The number of amides is 2. The lowest BCUT2D eigenvalue weighted by atomic mass is 10.2. The molecule has 86 valence electrons. The smallest absolute Gasteiger partial charge is 0.408 e. The normalized spacial score (nSPS) is 11.8. The Kier molecular flexibility index (Phi) is 3.88. The van der Waals surface area contributed by atoms with E-state index in [1.807, 2.05) is 18.2 Å². The Hall–Kier alpha value is -2.04. The summed E-state index contributed by atoms with van der Waals surface area (Å²) >= 11 is 0. The average Bonchev–Trinajstić information content (AvgIpc) is 2.26. The van der Waals surface area contributed by atoms with Crippen LogP contribution in [0, 0.1) is 0 Å². The number of nitrogens with zero attached hydrogens (tertiary/aromatic N) is 1. The molecular formula is C11H14N2O3. The van der Waals surface area contributed by atoms with Crippen LogP contribution in [0.2, 0.25) is 0 Å². The molecule has 0 unspecified atom stereocenters. The molecule has 5 heteroatoms. The number of carboxylic acid groups (broad SMARTS) is 1. The summed E-state index contributed by atoms with van der Waals surface area (Å²) in [5, 5.41) is 8.97. The van der Waals surface area contributed by atoms with E-state index in [0.29, 0.717) is 0 Å². The number of nitrogens with two attached hydrogens (primary N) is 1. The van der Waals surface area contributed by atoms with Crippen molar-refractivity contribution in [3.63, 3.8) is 0 Å². The van der Waals surface area contributed by atoms with Crippen LogP contribution in [0.1, 0.15) is 12.5 Å². The molecule has 0 aromatic heterocycles. The number of carbonyl (C=O) groups excluding carboxylic acids is 1. The van der Waals surface area contributed by atoms with Crippen molar-refractivity contribution in [2.24, 2.45) is 5.73 Å². The predicted molar refractivity (Wildman–Crippen MR) is 58.7 cm³/mol. The Morgan fingerprint density at radius 2 is 1.94 bits per heavy atom. The molecule has 0 fully saturated rings. The SMILES string of the molecule is C[C@@H](C(N)=O)N(Cc1ccccc1)C(=O)O. The fourth-order valence-electron chi connectivity index (χ4n) is 1.30. The number of carbonyl (C=O) groups is 2. The molecule has 0 radical (unpaired) electrons. The van der Waals surface area contributed by atoms with Gasteiger partial charge in [0.25, 0.3) is 0 Å². The van der Waals surface area contributed by atoms with Crippen LogP contribution in [-0.2, 0) is 11.3 Å². The van der Waals surface area contributed by atoms with Crippen LogP contribution in [0.25, 0.3) is 0 Å². The summed E-state index contributed by atoms with van der Waals surface area (Å²) in [6.45, 7) is 1.62. The zero-order chi connectivity index (χ0) is 12.1. The summed E-state index contributed by atoms with van der Waals surface area (Å²) in [5.74, 6) is -0.654. The fourth-order valence-corrected chi connectivity index (χ4v) is 1.30. The maximum Gasteiger partial charge on any atom is 0.408 e. The van der Waals surface area contributed by atoms with E-state index in [0.717, 1.165) is 10.5 Å². The quantitative estimate of drug-likeness (QED) is 0.798. The molecule has 1 aromatic carbocycles. The Bertz CT molecular complexity index is 378. The maximum atomic E-state index is 11.0. The first-order valence-corrected chi connectivity index (χ1v) is 4.85. The fraction of sp³-hybridized carbons (Fsp3) is 0.273. The first-order chi connectivity index (χ1) is 7.52. The molecule has 0 aliphatic heterocycles. The van der Waals surface area contributed by atoms with Crippen molar-refractivity contribution >= 4 is 12.0 Å². The van der Waals surface area contributed by atoms with Crippen LogP contribution < -0.4 is 5.73 Å². The van der Waals surface area contributed by atoms with Crippen molar-refractivity contribution in [3.8, 4) is 0 Å². The molecule has 0 aliphatic rings. The molecule has 0 saturated carbocycles. The predicted octanol–water partition coefficient (Wildman–Crippen LogP) is 1.04. The molecule has 1 rings (SSSR count). The molecule has 1 atom stereocenters. The summed E-state index contributed by atoms with van der Waals surface area (Å²) in [6, 6.07) is 8.21. The first-order valence-electron chi connectivity index (χ1n) is 4.85. The molecule has 0 aliphatic carbocycles. The average molecular weight is 222 g/mol. The minimum Gasteiger partial charge on any atom is -0.465 e. The number of benzene rings is 1. The third-order valence-corrected chi connectivity index (χ3v) is 2.32. The van der Waals surface area contributed by atoms with Crippen LogP contribution in [-0.4, -0.2) is 28.0 Å². The van der Waals surface area contributed by atoms with Crippen LogP contribution in [0.4, 0.5) is 4.79 Å². The van der Waals surface area contributed by atoms with E-state index < -0.39 is 18.0 Å². The molecule has 16 heavy (non-hydrogen) atoms. The summed E-state index contributed by atoms with van der Waals surface area (Å²) in [6.07, 6.45) is -1.16. The van der Waals surface area contributed by atoms with Gasteiger partial charge in [-0.25, -0.2) is 4.79 Å². The van der Waals surface area contributed by atoms with Crippen molar-refractivity contribution in [1.29, 1.82) is 0 Å². The highest BCUT2D eigenvalue weighted by atomic mass is 16.4.